The van der Waals surface area contributed by atoms with Gasteiger partial charge in [-0.15, -0.1) is 5.10 Å². The van der Waals surface area contributed by atoms with Gasteiger partial charge in [-0.1, -0.05) is 76.6 Å². The number of rotatable bonds is 11. The van der Waals surface area contributed by atoms with Crippen molar-refractivity contribution < 1.29 is 19.0 Å². The second-order valence-corrected chi connectivity index (χ2v) is 13.2. The number of carbonyl (C=O) groups is 2. The Balaban J connectivity index is 0.968. The molecule has 51 heavy (non-hydrogen) atoms. The van der Waals surface area contributed by atoms with E-state index >= 15 is 0 Å². The second kappa shape index (κ2) is 14.9. The number of urea groups is 1. The minimum atomic E-state index is -0.584. The molecule has 1 saturated heterocycles. The van der Waals surface area contributed by atoms with Gasteiger partial charge in [0.25, 0.3) is 11.6 Å². The van der Waals surface area contributed by atoms with Crippen molar-refractivity contribution >= 4 is 23.3 Å². The monoisotopic (exact) mass is 689 g/mol. The SMILES string of the molecule is Cc1ccc(CN(C(=O)c2cc(CN3CCCC(n4cc(CNC(=O)Nc5ccccc5[N+](=O)[O-])nn4)C3)on2)C2CCc3ccccc32)cc1. The van der Waals surface area contributed by atoms with Crippen LogP contribution in [-0.4, -0.2) is 59.9 Å². The number of aromatic nitrogens is 4. The third kappa shape index (κ3) is 7.80. The fourth-order valence-electron chi connectivity index (χ4n) is 6.97. The van der Waals surface area contributed by atoms with E-state index in [9.17, 15) is 19.7 Å². The largest absolute Gasteiger partial charge is 0.359 e. The maximum absolute atomic E-state index is 14.1. The number of carbonyl (C=O) groups excluding carboxylic acids is 2. The van der Waals surface area contributed by atoms with Gasteiger partial charge in [-0.25, -0.2) is 9.48 Å². The summed E-state index contributed by atoms with van der Waals surface area (Å²) >= 11 is 0. The van der Waals surface area contributed by atoms with Crippen LogP contribution in [0.5, 0.6) is 0 Å². The van der Waals surface area contributed by atoms with Gasteiger partial charge in [-0.05, 0) is 61.9 Å². The van der Waals surface area contributed by atoms with Gasteiger partial charge in [-0.2, -0.15) is 0 Å². The first-order valence-electron chi connectivity index (χ1n) is 17.1. The normalized spacial score (nSPS) is 17.1. The van der Waals surface area contributed by atoms with Crippen LogP contribution in [0.25, 0.3) is 0 Å². The quantitative estimate of drug-likeness (QED) is 0.126. The predicted molar refractivity (Wildman–Crippen MR) is 188 cm³/mol. The molecule has 3 aromatic carbocycles. The zero-order valence-corrected chi connectivity index (χ0v) is 28.3. The maximum atomic E-state index is 14.1. The number of nitrogens with one attached hydrogen (secondary N) is 2. The highest BCUT2D eigenvalue weighted by atomic mass is 16.6. The van der Waals surface area contributed by atoms with Crippen LogP contribution in [0.1, 0.15) is 75.5 Å². The van der Waals surface area contributed by atoms with Crippen molar-refractivity contribution in [3.63, 3.8) is 0 Å². The number of piperidine rings is 1. The lowest BCUT2D eigenvalue weighted by atomic mass is 10.0. The summed E-state index contributed by atoms with van der Waals surface area (Å²) in [6, 6.07) is 23.8. The number of amides is 3. The van der Waals surface area contributed by atoms with Gasteiger partial charge in [0, 0.05) is 25.2 Å². The molecular formula is C37H39N9O5. The predicted octanol–water partition coefficient (Wildman–Crippen LogP) is 5.97. The van der Waals surface area contributed by atoms with E-state index in [1.807, 2.05) is 17.0 Å². The molecule has 7 rings (SSSR count). The molecule has 2 atom stereocenters. The molecule has 0 bridgehead atoms. The first-order chi connectivity index (χ1) is 24.8. The lowest BCUT2D eigenvalue weighted by Crippen LogP contribution is -2.36. The summed E-state index contributed by atoms with van der Waals surface area (Å²) in [5.41, 5.74) is 5.48. The third-order valence-electron chi connectivity index (χ3n) is 9.56. The van der Waals surface area contributed by atoms with E-state index in [0.717, 1.165) is 37.8 Å². The number of para-hydroxylation sites is 2. The van der Waals surface area contributed by atoms with Crippen molar-refractivity contribution in [1.29, 1.82) is 0 Å². The first-order valence-corrected chi connectivity index (χ1v) is 17.1. The van der Waals surface area contributed by atoms with E-state index in [0.29, 0.717) is 36.8 Å². The number of likely N-dealkylation sites (tertiary alicyclic amines) is 1. The number of hydrogen-bond donors (Lipinski definition) is 2. The van der Waals surface area contributed by atoms with E-state index in [1.165, 1.54) is 34.9 Å². The van der Waals surface area contributed by atoms with Crippen LogP contribution in [0.2, 0.25) is 0 Å². The fraction of sp³-hybridized carbons (Fsp3) is 0.324. The molecule has 0 saturated carbocycles. The van der Waals surface area contributed by atoms with Crippen molar-refractivity contribution in [3.8, 4) is 0 Å². The molecule has 1 fully saturated rings. The zero-order chi connectivity index (χ0) is 35.3. The molecule has 2 aromatic heterocycles. The van der Waals surface area contributed by atoms with Crippen LogP contribution in [-0.2, 0) is 26.1 Å². The van der Waals surface area contributed by atoms with Crippen LogP contribution in [0.15, 0.2) is 89.6 Å². The number of fused-ring (bicyclic) bond motifs is 1. The molecule has 5 aromatic rings. The number of nitro benzene ring substituents is 1. The Morgan fingerprint density at radius 2 is 1.86 bits per heavy atom. The fourth-order valence-corrected chi connectivity index (χ4v) is 6.97. The Bertz CT molecular complexity index is 2020. The van der Waals surface area contributed by atoms with E-state index in [4.69, 9.17) is 4.52 Å². The second-order valence-electron chi connectivity index (χ2n) is 13.2. The summed E-state index contributed by atoms with van der Waals surface area (Å²) in [6.45, 7) is 4.67. The molecule has 14 heteroatoms. The number of nitrogens with zero attached hydrogens (tertiary/aromatic N) is 7. The molecule has 3 heterocycles. The van der Waals surface area contributed by atoms with E-state index in [1.54, 1.807) is 23.0 Å². The summed E-state index contributed by atoms with van der Waals surface area (Å²) in [4.78, 5) is 41.4. The highest BCUT2D eigenvalue weighted by Crippen LogP contribution is 2.37. The number of benzene rings is 3. The average Bonchev–Trinajstić information content (AvgIpc) is 3.91. The Hall–Kier alpha value is -5.89. The number of anilines is 1. The number of aryl methyl sites for hydroxylation is 2. The lowest BCUT2D eigenvalue weighted by Gasteiger charge is -2.31. The topological polar surface area (TPSA) is 165 Å². The molecule has 2 unspecified atom stereocenters. The van der Waals surface area contributed by atoms with Crippen molar-refractivity contribution in [2.45, 2.75) is 64.3 Å². The molecule has 2 aliphatic rings. The molecule has 14 nitrogen and oxygen atoms in total. The number of hydrogen-bond acceptors (Lipinski definition) is 9. The summed E-state index contributed by atoms with van der Waals surface area (Å²) in [5, 5.41) is 29.2. The Kier molecular flexibility index (Phi) is 9.83. The standard InChI is InChI=1S/C37H39N9O5/c1-25-12-14-26(15-13-25)21-44(34-17-16-27-7-2-3-9-31(27)34)36(47)33-19-30(51-41-33)24-43-18-6-8-29(23-43)45-22-28(40-42-45)20-38-37(48)39-32-10-4-5-11-35(32)46(49)50/h2-5,7,9-15,19,22,29,34H,6,8,16-18,20-21,23-24H2,1H3,(H2,38,39,48). The van der Waals surface area contributed by atoms with E-state index in [-0.39, 0.29) is 35.9 Å². The molecule has 3 amide bonds. The Morgan fingerprint density at radius 1 is 1.06 bits per heavy atom. The van der Waals surface area contributed by atoms with Crippen LogP contribution < -0.4 is 10.6 Å². The van der Waals surface area contributed by atoms with Gasteiger partial charge in [0.1, 0.15) is 11.4 Å². The molecule has 262 valence electrons. The summed E-state index contributed by atoms with van der Waals surface area (Å²) in [6.07, 6.45) is 5.43. The first kappa shape index (κ1) is 33.6. The van der Waals surface area contributed by atoms with Crippen LogP contribution in [0.3, 0.4) is 0 Å². The average molecular weight is 690 g/mol. The van der Waals surface area contributed by atoms with E-state index in [2.05, 4.69) is 74.3 Å². The van der Waals surface area contributed by atoms with Gasteiger partial charge in [-0.3, -0.25) is 19.8 Å². The van der Waals surface area contributed by atoms with Crippen molar-refractivity contribution in [2.75, 3.05) is 18.4 Å². The molecule has 1 aliphatic carbocycles. The van der Waals surface area contributed by atoms with Crippen LogP contribution in [0.4, 0.5) is 16.2 Å². The van der Waals surface area contributed by atoms with E-state index < -0.39 is 11.0 Å². The molecule has 2 N–H and O–H groups in total. The van der Waals surface area contributed by atoms with Gasteiger partial charge in [0.2, 0.25) is 0 Å². The zero-order valence-electron chi connectivity index (χ0n) is 28.3. The van der Waals surface area contributed by atoms with Crippen LogP contribution >= 0.6 is 0 Å². The Labute approximate surface area is 294 Å². The highest BCUT2D eigenvalue weighted by molar-refractivity contribution is 5.93. The summed E-state index contributed by atoms with van der Waals surface area (Å²) < 4.78 is 7.55. The van der Waals surface area contributed by atoms with Crippen molar-refractivity contribution in [3.05, 3.63) is 135 Å². The summed E-state index contributed by atoms with van der Waals surface area (Å²) in [5.74, 6) is 0.470. The lowest BCUT2D eigenvalue weighted by molar-refractivity contribution is -0.383. The van der Waals surface area contributed by atoms with Gasteiger partial charge >= 0.3 is 6.03 Å². The smallest absolute Gasteiger partial charge is 0.319 e. The van der Waals surface area contributed by atoms with Gasteiger partial charge < -0.3 is 20.1 Å². The van der Waals surface area contributed by atoms with Crippen molar-refractivity contribution in [2.24, 2.45) is 0 Å². The molecule has 0 radical (unpaired) electrons. The van der Waals surface area contributed by atoms with Crippen molar-refractivity contribution in [1.82, 2.24) is 35.3 Å². The Morgan fingerprint density at radius 3 is 2.71 bits per heavy atom. The molecule has 0 spiro atoms. The molecular weight excluding hydrogens is 650 g/mol. The van der Waals surface area contributed by atoms with Crippen LogP contribution in [0, 0.1) is 17.0 Å². The highest BCUT2D eigenvalue weighted by Gasteiger charge is 2.33. The van der Waals surface area contributed by atoms with Gasteiger partial charge in [0.05, 0.1) is 36.3 Å². The maximum Gasteiger partial charge on any atom is 0.319 e. The molecule has 1 aliphatic heterocycles. The minimum Gasteiger partial charge on any atom is -0.359 e. The summed E-state index contributed by atoms with van der Waals surface area (Å²) in [7, 11) is 0. The number of nitro groups is 1. The minimum absolute atomic E-state index is 0.0412. The third-order valence-corrected chi connectivity index (χ3v) is 9.56. The van der Waals surface area contributed by atoms with Gasteiger partial charge in [0.15, 0.2) is 11.5 Å².